The molecule has 0 rings (SSSR count). The number of esters is 2. The molecule has 0 unspecified atom stereocenters. The SMILES string of the molecule is CCCCCCCOC(=O)CCCCCCCCC(=O)OC/C=C(\C)CCC=C(C)C. The summed E-state index contributed by atoms with van der Waals surface area (Å²) in [5, 5.41) is 0. The van der Waals surface area contributed by atoms with Gasteiger partial charge in [0.1, 0.15) is 6.61 Å². The zero-order valence-corrected chi connectivity index (χ0v) is 20.8. The molecule has 0 aliphatic rings. The summed E-state index contributed by atoms with van der Waals surface area (Å²) in [6.45, 7) is 9.45. The van der Waals surface area contributed by atoms with Crippen molar-refractivity contribution < 1.29 is 19.1 Å². The molecule has 0 heterocycles. The molecule has 0 spiro atoms. The van der Waals surface area contributed by atoms with Crippen LogP contribution >= 0.6 is 0 Å². The van der Waals surface area contributed by atoms with Gasteiger partial charge in [-0.05, 0) is 59.0 Å². The van der Waals surface area contributed by atoms with Crippen LogP contribution in [0.4, 0.5) is 0 Å². The minimum Gasteiger partial charge on any atom is -0.466 e. The van der Waals surface area contributed by atoms with Gasteiger partial charge in [0.25, 0.3) is 0 Å². The van der Waals surface area contributed by atoms with E-state index >= 15 is 0 Å². The van der Waals surface area contributed by atoms with Crippen LogP contribution in [0, 0.1) is 0 Å². The molecule has 0 bridgehead atoms. The Hall–Kier alpha value is -1.58. The van der Waals surface area contributed by atoms with E-state index in [2.05, 4.69) is 33.8 Å². The molecule has 0 aromatic carbocycles. The van der Waals surface area contributed by atoms with Crippen molar-refractivity contribution in [3.05, 3.63) is 23.3 Å². The van der Waals surface area contributed by atoms with Gasteiger partial charge in [0.2, 0.25) is 0 Å². The molecule has 0 atom stereocenters. The third-order valence-electron chi connectivity index (χ3n) is 5.29. The molecular formula is C27H48O4. The minimum absolute atomic E-state index is 0.0561. The van der Waals surface area contributed by atoms with Gasteiger partial charge in [0.05, 0.1) is 6.61 Å². The molecule has 31 heavy (non-hydrogen) atoms. The molecule has 0 saturated heterocycles. The molecule has 4 heteroatoms. The lowest BCUT2D eigenvalue weighted by molar-refractivity contribution is -0.144. The summed E-state index contributed by atoms with van der Waals surface area (Å²) in [4.78, 5) is 23.5. The molecule has 0 saturated carbocycles. The first kappa shape index (κ1) is 29.4. The van der Waals surface area contributed by atoms with E-state index in [1.54, 1.807) is 0 Å². The lowest BCUT2D eigenvalue weighted by Gasteiger charge is -2.05. The summed E-state index contributed by atoms with van der Waals surface area (Å²) in [6, 6.07) is 0. The Morgan fingerprint density at radius 2 is 1.19 bits per heavy atom. The van der Waals surface area contributed by atoms with Crippen molar-refractivity contribution in [3.63, 3.8) is 0 Å². The fourth-order valence-electron chi connectivity index (χ4n) is 3.25. The molecule has 0 aliphatic heterocycles. The Kier molecular flexibility index (Phi) is 20.5. The van der Waals surface area contributed by atoms with Gasteiger partial charge < -0.3 is 9.47 Å². The van der Waals surface area contributed by atoms with Gasteiger partial charge >= 0.3 is 11.9 Å². The van der Waals surface area contributed by atoms with Crippen molar-refractivity contribution in [1.29, 1.82) is 0 Å². The Bertz CT molecular complexity index is 515. The Morgan fingerprint density at radius 1 is 0.645 bits per heavy atom. The molecule has 0 aromatic rings. The average molecular weight is 437 g/mol. The highest BCUT2D eigenvalue weighted by atomic mass is 16.5. The molecule has 0 fully saturated rings. The summed E-state index contributed by atoms with van der Waals surface area (Å²) in [5.74, 6) is -0.162. The molecule has 180 valence electrons. The topological polar surface area (TPSA) is 52.6 Å². The Morgan fingerprint density at radius 3 is 1.81 bits per heavy atom. The first-order valence-corrected chi connectivity index (χ1v) is 12.6. The number of hydrogen-bond acceptors (Lipinski definition) is 4. The van der Waals surface area contributed by atoms with Crippen molar-refractivity contribution >= 4 is 11.9 Å². The summed E-state index contributed by atoms with van der Waals surface area (Å²) >= 11 is 0. The van der Waals surface area contributed by atoms with Crippen LogP contribution in [0.15, 0.2) is 23.3 Å². The molecule has 0 aliphatic carbocycles. The van der Waals surface area contributed by atoms with Crippen molar-refractivity contribution in [1.82, 2.24) is 0 Å². The van der Waals surface area contributed by atoms with Gasteiger partial charge in [-0.1, -0.05) is 75.5 Å². The van der Waals surface area contributed by atoms with E-state index in [0.29, 0.717) is 26.1 Å². The monoisotopic (exact) mass is 436 g/mol. The van der Waals surface area contributed by atoms with Crippen LogP contribution in [0.3, 0.4) is 0 Å². The van der Waals surface area contributed by atoms with E-state index in [9.17, 15) is 9.59 Å². The van der Waals surface area contributed by atoms with E-state index in [4.69, 9.17) is 9.47 Å². The zero-order valence-electron chi connectivity index (χ0n) is 20.8. The molecule has 0 N–H and O–H groups in total. The number of carbonyl (C=O) groups excluding carboxylic acids is 2. The largest absolute Gasteiger partial charge is 0.466 e. The maximum absolute atomic E-state index is 11.8. The van der Waals surface area contributed by atoms with Crippen molar-refractivity contribution in [3.8, 4) is 0 Å². The van der Waals surface area contributed by atoms with E-state index < -0.39 is 0 Å². The highest BCUT2D eigenvalue weighted by molar-refractivity contribution is 5.69. The Labute approximate surface area is 191 Å². The minimum atomic E-state index is -0.106. The lowest BCUT2D eigenvalue weighted by atomic mass is 10.1. The molecule has 0 aromatic heterocycles. The second kappa shape index (κ2) is 21.6. The summed E-state index contributed by atoms with van der Waals surface area (Å²) in [6.07, 6.45) is 19.3. The van der Waals surface area contributed by atoms with Gasteiger partial charge in [0.15, 0.2) is 0 Å². The van der Waals surface area contributed by atoms with Gasteiger partial charge in [0, 0.05) is 12.8 Å². The standard InChI is InChI=1S/C27H48O4/c1-5-6-7-12-15-22-30-26(28)19-13-10-8-9-11-14-20-27(29)31-23-21-25(4)18-16-17-24(2)3/h17,21H,5-16,18-20,22-23H2,1-4H3/b25-21+. The third kappa shape index (κ3) is 22.9. The highest BCUT2D eigenvalue weighted by Gasteiger charge is 2.04. The maximum atomic E-state index is 11.8. The first-order valence-electron chi connectivity index (χ1n) is 12.6. The predicted molar refractivity (Wildman–Crippen MR) is 130 cm³/mol. The number of unbranched alkanes of at least 4 members (excludes halogenated alkanes) is 9. The van der Waals surface area contributed by atoms with Gasteiger partial charge in [-0.3, -0.25) is 9.59 Å². The highest BCUT2D eigenvalue weighted by Crippen LogP contribution is 2.11. The van der Waals surface area contributed by atoms with E-state index in [1.807, 2.05) is 6.08 Å². The number of allylic oxidation sites excluding steroid dienone is 3. The normalized spacial score (nSPS) is 11.3. The molecular weight excluding hydrogens is 388 g/mol. The fourth-order valence-corrected chi connectivity index (χ4v) is 3.25. The molecule has 4 nitrogen and oxygen atoms in total. The molecule has 0 radical (unpaired) electrons. The number of carbonyl (C=O) groups is 2. The summed E-state index contributed by atoms with van der Waals surface area (Å²) in [5.41, 5.74) is 2.60. The average Bonchev–Trinajstić information content (AvgIpc) is 2.72. The van der Waals surface area contributed by atoms with Crippen molar-refractivity contribution in [2.75, 3.05) is 13.2 Å². The lowest BCUT2D eigenvalue weighted by Crippen LogP contribution is -2.05. The first-order chi connectivity index (χ1) is 15.0. The van der Waals surface area contributed by atoms with Crippen LogP contribution in [-0.2, 0) is 19.1 Å². The van der Waals surface area contributed by atoms with Crippen LogP contribution in [-0.4, -0.2) is 25.2 Å². The van der Waals surface area contributed by atoms with E-state index in [0.717, 1.165) is 64.2 Å². The summed E-state index contributed by atoms with van der Waals surface area (Å²) < 4.78 is 10.6. The van der Waals surface area contributed by atoms with Gasteiger partial charge in [-0.2, -0.15) is 0 Å². The zero-order chi connectivity index (χ0) is 23.2. The second-order valence-electron chi connectivity index (χ2n) is 8.81. The van der Waals surface area contributed by atoms with Crippen molar-refractivity contribution in [2.45, 2.75) is 124 Å². The van der Waals surface area contributed by atoms with Gasteiger partial charge in [-0.15, -0.1) is 0 Å². The van der Waals surface area contributed by atoms with Crippen LogP contribution < -0.4 is 0 Å². The van der Waals surface area contributed by atoms with Crippen LogP contribution in [0.1, 0.15) is 124 Å². The Balaban J connectivity index is 3.47. The second-order valence-corrected chi connectivity index (χ2v) is 8.81. The third-order valence-corrected chi connectivity index (χ3v) is 5.29. The number of hydrogen-bond donors (Lipinski definition) is 0. The van der Waals surface area contributed by atoms with Crippen LogP contribution in [0.2, 0.25) is 0 Å². The number of rotatable bonds is 20. The van der Waals surface area contributed by atoms with Crippen LogP contribution in [0.5, 0.6) is 0 Å². The fraction of sp³-hybridized carbons (Fsp3) is 0.778. The quantitative estimate of drug-likeness (QED) is 0.111. The smallest absolute Gasteiger partial charge is 0.306 e. The van der Waals surface area contributed by atoms with Crippen LogP contribution in [0.25, 0.3) is 0 Å². The van der Waals surface area contributed by atoms with E-state index in [1.165, 1.54) is 30.4 Å². The van der Waals surface area contributed by atoms with Gasteiger partial charge in [-0.25, -0.2) is 0 Å². The predicted octanol–water partition coefficient (Wildman–Crippen LogP) is 7.86. The number of ether oxygens (including phenoxy) is 2. The molecule has 0 amide bonds. The van der Waals surface area contributed by atoms with E-state index in [-0.39, 0.29) is 11.9 Å². The summed E-state index contributed by atoms with van der Waals surface area (Å²) in [7, 11) is 0. The van der Waals surface area contributed by atoms with Crippen molar-refractivity contribution in [2.24, 2.45) is 0 Å². The maximum Gasteiger partial charge on any atom is 0.306 e.